The number of nitrogens with one attached hydrogen (secondary N) is 2. The Labute approximate surface area is 145 Å². The van der Waals surface area contributed by atoms with Crippen molar-refractivity contribution in [1.82, 2.24) is 0 Å². The number of carboxylic acid groups (broad SMARTS) is 1. The SMILES string of the molecule is CC(C)C(=O)Nc1ccc(C(=O)Nc2ccc(CC(=O)O)cc2)cc1. The Balaban J connectivity index is 1.98. The van der Waals surface area contributed by atoms with Gasteiger partial charge in [0, 0.05) is 22.9 Å². The van der Waals surface area contributed by atoms with E-state index in [2.05, 4.69) is 10.6 Å². The molecule has 2 aromatic rings. The quantitative estimate of drug-likeness (QED) is 0.752. The maximum absolute atomic E-state index is 12.2. The molecule has 0 fully saturated rings. The molecule has 2 amide bonds. The Bertz CT molecular complexity index is 765. The van der Waals surface area contributed by atoms with Crippen LogP contribution in [0.15, 0.2) is 48.5 Å². The molecule has 6 heteroatoms. The summed E-state index contributed by atoms with van der Waals surface area (Å²) in [7, 11) is 0. The zero-order chi connectivity index (χ0) is 18.4. The number of rotatable bonds is 6. The van der Waals surface area contributed by atoms with Crippen molar-refractivity contribution < 1.29 is 19.5 Å². The first-order chi connectivity index (χ1) is 11.8. The highest BCUT2D eigenvalue weighted by Crippen LogP contribution is 2.14. The normalized spacial score (nSPS) is 10.4. The lowest BCUT2D eigenvalue weighted by molar-refractivity contribution is -0.136. The molecule has 130 valence electrons. The predicted molar refractivity (Wildman–Crippen MR) is 95.6 cm³/mol. The van der Waals surface area contributed by atoms with Crippen LogP contribution in [0.25, 0.3) is 0 Å². The molecule has 0 atom stereocenters. The summed E-state index contributed by atoms with van der Waals surface area (Å²) < 4.78 is 0. The first-order valence-corrected chi connectivity index (χ1v) is 7.88. The molecule has 3 N–H and O–H groups in total. The van der Waals surface area contributed by atoms with Crippen molar-refractivity contribution >= 4 is 29.2 Å². The van der Waals surface area contributed by atoms with Crippen LogP contribution in [0.1, 0.15) is 29.8 Å². The first kappa shape index (κ1) is 18.2. The third-order valence-corrected chi connectivity index (χ3v) is 3.51. The molecule has 6 nitrogen and oxygen atoms in total. The van der Waals surface area contributed by atoms with Crippen LogP contribution < -0.4 is 10.6 Å². The molecular formula is C19H20N2O4. The molecular weight excluding hydrogens is 320 g/mol. The lowest BCUT2D eigenvalue weighted by atomic mass is 10.1. The number of carboxylic acids is 1. The lowest BCUT2D eigenvalue weighted by Gasteiger charge is -2.09. The molecule has 2 rings (SSSR count). The highest BCUT2D eigenvalue weighted by atomic mass is 16.4. The van der Waals surface area contributed by atoms with Gasteiger partial charge in [0.2, 0.25) is 5.91 Å². The molecule has 0 spiro atoms. The minimum atomic E-state index is -0.901. The summed E-state index contributed by atoms with van der Waals surface area (Å²) in [5, 5.41) is 14.2. The van der Waals surface area contributed by atoms with Crippen molar-refractivity contribution in [2.45, 2.75) is 20.3 Å². The number of aliphatic carboxylic acids is 1. The monoisotopic (exact) mass is 340 g/mol. The summed E-state index contributed by atoms with van der Waals surface area (Å²) in [5.74, 6) is -1.39. The highest BCUT2D eigenvalue weighted by Gasteiger charge is 2.09. The number of carbonyl (C=O) groups is 3. The molecule has 0 bridgehead atoms. The van der Waals surface area contributed by atoms with E-state index < -0.39 is 5.97 Å². The van der Waals surface area contributed by atoms with Crippen LogP contribution in [0.4, 0.5) is 11.4 Å². The third-order valence-electron chi connectivity index (χ3n) is 3.51. The second-order valence-corrected chi connectivity index (χ2v) is 5.94. The maximum atomic E-state index is 12.2. The van der Waals surface area contributed by atoms with Crippen LogP contribution in [-0.4, -0.2) is 22.9 Å². The van der Waals surface area contributed by atoms with Crippen LogP contribution in [0.5, 0.6) is 0 Å². The van der Waals surface area contributed by atoms with Gasteiger partial charge < -0.3 is 15.7 Å². The second-order valence-electron chi connectivity index (χ2n) is 5.94. The first-order valence-electron chi connectivity index (χ1n) is 7.88. The van der Waals surface area contributed by atoms with Crippen molar-refractivity contribution in [3.05, 3.63) is 59.7 Å². The van der Waals surface area contributed by atoms with E-state index in [0.29, 0.717) is 22.5 Å². The number of hydrogen-bond acceptors (Lipinski definition) is 3. The molecule has 0 aliphatic heterocycles. The summed E-state index contributed by atoms with van der Waals surface area (Å²) in [6.45, 7) is 3.61. The molecule has 2 aromatic carbocycles. The Morgan fingerprint density at radius 3 is 1.92 bits per heavy atom. The Kier molecular flexibility index (Phi) is 5.89. The average Bonchev–Trinajstić information content (AvgIpc) is 2.56. The van der Waals surface area contributed by atoms with Crippen LogP contribution in [-0.2, 0) is 16.0 Å². The van der Waals surface area contributed by atoms with E-state index in [0.717, 1.165) is 0 Å². The van der Waals surface area contributed by atoms with Gasteiger partial charge in [-0.05, 0) is 42.0 Å². The van der Waals surface area contributed by atoms with Crippen molar-refractivity contribution in [3.8, 4) is 0 Å². The summed E-state index contributed by atoms with van der Waals surface area (Å²) in [6.07, 6.45) is -0.0578. The van der Waals surface area contributed by atoms with Crippen molar-refractivity contribution in [1.29, 1.82) is 0 Å². The second kappa shape index (κ2) is 8.10. The fourth-order valence-corrected chi connectivity index (χ4v) is 2.08. The molecule has 0 saturated carbocycles. The summed E-state index contributed by atoms with van der Waals surface area (Å²) in [4.78, 5) is 34.5. The van der Waals surface area contributed by atoms with Crippen LogP contribution >= 0.6 is 0 Å². The number of hydrogen-bond donors (Lipinski definition) is 3. The zero-order valence-electron chi connectivity index (χ0n) is 14.1. The fraction of sp³-hybridized carbons (Fsp3) is 0.211. The zero-order valence-corrected chi connectivity index (χ0v) is 14.1. The Morgan fingerprint density at radius 1 is 0.880 bits per heavy atom. The van der Waals surface area contributed by atoms with Crippen molar-refractivity contribution in [3.63, 3.8) is 0 Å². The molecule has 0 heterocycles. The van der Waals surface area contributed by atoms with E-state index in [-0.39, 0.29) is 24.2 Å². The van der Waals surface area contributed by atoms with Gasteiger partial charge in [-0.15, -0.1) is 0 Å². The number of benzene rings is 2. The van der Waals surface area contributed by atoms with Gasteiger partial charge in [0.1, 0.15) is 0 Å². The topological polar surface area (TPSA) is 95.5 Å². The van der Waals surface area contributed by atoms with Gasteiger partial charge in [-0.1, -0.05) is 26.0 Å². The smallest absolute Gasteiger partial charge is 0.307 e. The summed E-state index contributed by atoms with van der Waals surface area (Å²) >= 11 is 0. The minimum Gasteiger partial charge on any atom is -0.481 e. The summed E-state index contributed by atoms with van der Waals surface area (Å²) in [5.41, 5.74) is 2.33. The number of amides is 2. The van der Waals surface area contributed by atoms with E-state index in [4.69, 9.17) is 5.11 Å². The molecule has 0 aliphatic carbocycles. The van der Waals surface area contributed by atoms with Crippen LogP contribution in [0, 0.1) is 5.92 Å². The number of anilines is 2. The van der Waals surface area contributed by atoms with Gasteiger partial charge in [0.25, 0.3) is 5.91 Å². The van der Waals surface area contributed by atoms with Gasteiger partial charge in [0.15, 0.2) is 0 Å². The van der Waals surface area contributed by atoms with E-state index in [1.807, 2.05) is 0 Å². The van der Waals surface area contributed by atoms with Gasteiger partial charge >= 0.3 is 5.97 Å². The number of carbonyl (C=O) groups excluding carboxylic acids is 2. The molecule has 0 unspecified atom stereocenters. The molecule has 0 aliphatic rings. The van der Waals surface area contributed by atoms with Crippen molar-refractivity contribution in [2.75, 3.05) is 10.6 Å². The highest BCUT2D eigenvalue weighted by molar-refractivity contribution is 6.04. The lowest BCUT2D eigenvalue weighted by Crippen LogP contribution is -2.18. The fourth-order valence-electron chi connectivity index (χ4n) is 2.08. The molecule has 0 radical (unpaired) electrons. The minimum absolute atomic E-state index is 0.0578. The predicted octanol–water partition coefficient (Wildman–Crippen LogP) is 3.16. The largest absolute Gasteiger partial charge is 0.481 e. The van der Waals surface area contributed by atoms with Crippen LogP contribution in [0.3, 0.4) is 0 Å². The third kappa shape index (κ3) is 5.46. The van der Waals surface area contributed by atoms with E-state index >= 15 is 0 Å². The standard InChI is InChI=1S/C19H20N2O4/c1-12(2)18(24)20-16-9-5-14(6-10-16)19(25)21-15-7-3-13(4-8-15)11-17(22)23/h3-10,12H,11H2,1-2H3,(H,20,24)(H,21,25)(H,22,23). The van der Waals surface area contributed by atoms with Crippen molar-refractivity contribution in [2.24, 2.45) is 5.92 Å². The van der Waals surface area contributed by atoms with Gasteiger partial charge in [-0.2, -0.15) is 0 Å². The molecule has 0 saturated heterocycles. The Hall–Kier alpha value is -3.15. The van der Waals surface area contributed by atoms with E-state index in [1.165, 1.54) is 0 Å². The molecule has 0 aromatic heterocycles. The van der Waals surface area contributed by atoms with Gasteiger partial charge in [-0.3, -0.25) is 14.4 Å². The average molecular weight is 340 g/mol. The van der Waals surface area contributed by atoms with Crippen LogP contribution in [0.2, 0.25) is 0 Å². The maximum Gasteiger partial charge on any atom is 0.307 e. The van der Waals surface area contributed by atoms with Gasteiger partial charge in [-0.25, -0.2) is 0 Å². The van der Waals surface area contributed by atoms with E-state index in [1.54, 1.807) is 62.4 Å². The summed E-state index contributed by atoms with van der Waals surface area (Å²) in [6, 6.07) is 13.2. The van der Waals surface area contributed by atoms with E-state index in [9.17, 15) is 14.4 Å². The van der Waals surface area contributed by atoms with Gasteiger partial charge in [0.05, 0.1) is 6.42 Å². The molecule has 25 heavy (non-hydrogen) atoms. The Morgan fingerprint density at radius 2 is 1.40 bits per heavy atom.